The molecule has 1 heterocycles. The highest BCUT2D eigenvalue weighted by atomic mass is 16.4. The van der Waals surface area contributed by atoms with Crippen LogP contribution in [-0.4, -0.2) is 35.0 Å². The molecular weight excluding hydrogens is 230 g/mol. The Kier molecular flexibility index (Phi) is 3.65. The topological polar surface area (TPSA) is 57.6 Å². The molecular formula is C14H17NO3. The van der Waals surface area contributed by atoms with Gasteiger partial charge in [-0.2, -0.15) is 0 Å². The summed E-state index contributed by atoms with van der Waals surface area (Å²) in [4.78, 5) is 24.3. The van der Waals surface area contributed by atoms with Crippen LogP contribution in [0.2, 0.25) is 0 Å². The molecule has 1 aliphatic rings. The fourth-order valence-electron chi connectivity index (χ4n) is 2.18. The summed E-state index contributed by atoms with van der Waals surface area (Å²) >= 11 is 0. The summed E-state index contributed by atoms with van der Waals surface area (Å²) in [6, 6.07) is 7.60. The van der Waals surface area contributed by atoms with E-state index < -0.39 is 5.97 Å². The van der Waals surface area contributed by atoms with Gasteiger partial charge in [0.2, 0.25) is 0 Å². The van der Waals surface area contributed by atoms with Gasteiger partial charge in [-0.1, -0.05) is 19.1 Å². The molecule has 1 saturated heterocycles. The minimum atomic E-state index is -0.792. The maximum absolute atomic E-state index is 12.0. The van der Waals surface area contributed by atoms with Crippen LogP contribution in [0, 0.1) is 5.92 Å². The molecule has 0 atom stereocenters. The van der Waals surface area contributed by atoms with E-state index in [9.17, 15) is 9.59 Å². The van der Waals surface area contributed by atoms with Crippen molar-refractivity contribution in [2.24, 2.45) is 5.92 Å². The van der Waals surface area contributed by atoms with E-state index in [1.54, 1.807) is 4.90 Å². The van der Waals surface area contributed by atoms with Crippen LogP contribution < -0.4 is 0 Å². The summed E-state index contributed by atoms with van der Waals surface area (Å²) in [5.74, 6) is -0.681. The van der Waals surface area contributed by atoms with Gasteiger partial charge < -0.3 is 10.0 Å². The molecule has 1 aromatic rings. The SMILES string of the molecule is CCc1ccc(C(=O)N2CC(CC(=O)O)C2)cc1. The fraction of sp³-hybridized carbons (Fsp3) is 0.429. The molecule has 18 heavy (non-hydrogen) atoms. The number of amides is 1. The van der Waals surface area contributed by atoms with Gasteiger partial charge in [0.05, 0.1) is 6.42 Å². The zero-order valence-electron chi connectivity index (χ0n) is 10.4. The molecule has 0 aliphatic carbocycles. The third-order valence-electron chi connectivity index (χ3n) is 3.32. The Bertz CT molecular complexity index is 447. The predicted octanol–water partition coefficient (Wildman–Crippen LogP) is 1.80. The molecule has 4 heteroatoms. The number of aliphatic carboxylic acids is 1. The first-order valence-electron chi connectivity index (χ1n) is 6.20. The van der Waals surface area contributed by atoms with Gasteiger partial charge >= 0.3 is 5.97 Å². The van der Waals surface area contributed by atoms with E-state index in [0.717, 1.165) is 6.42 Å². The molecule has 1 aliphatic heterocycles. The minimum Gasteiger partial charge on any atom is -0.481 e. The van der Waals surface area contributed by atoms with Gasteiger partial charge in [0.25, 0.3) is 5.91 Å². The Morgan fingerprint density at radius 1 is 1.28 bits per heavy atom. The number of rotatable bonds is 4. The number of likely N-dealkylation sites (tertiary alicyclic amines) is 1. The summed E-state index contributed by atoms with van der Waals surface area (Å²) in [6.45, 7) is 3.18. The molecule has 2 rings (SSSR count). The van der Waals surface area contributed by atoms with E-state index in [2.05, 4.69) is 6.92 Å². The standard InChI is InChI=1S/C14H17NO3/c1-2-10-3-5-12(6-4-10)14(18)15-8-11(9-15)7-13(16)17/h3-6,11H,2,7-9H2,1H3,(H,16,17). The van der Waals surface area contributed by atoms with Gasteiger partial charge in [-0.25, -0.2) is 0 Å². The van der Waals surface area contributed by atoms with Crippen LogP contribution in [0.1, 0.15) is 29.3 Å². The normalized spacial score (nSPS) is 15.3. The first-order valence-corrected chi connectivity index (χ1v) is 6.20. The Hall–Kier alpha value is -1.84. The molecule has 0 radical (unpaired) electrons. The Morgan fingerprint density at radius 3 is 2.39 bits per heavy atom. The number of carboxylic acids is 1. The van der Waals surface area contributed by atoms with Crippen molar-refractivity contribution in [3.05, 3.63) is 35.4 Å². The maximum atomic E-state index is 12.0. The lowest BCUT2D eigenvalue weighted by Crippen LogP contribution is -2.50. The zero-order valence-corrected chi connectivity index (χ0v) is 10.4. The van der Waals surface area contributed by atoms with Crippen molar-refractivity contribution in [3.63, 3.8) is 0 Å². The van der Waals surface area contributed by atoms with Crippen LogP contribution >= 0.6 is 0 Å². The second kappa shape index (κ2) is 5.21. The summed E-state index contributed by atoms with van der Waals surface area (Å²) in [5, 5.41) is 8.65. The van der Waals surface area contributed by atoms with Crippen LogP contribution in [0.15, 0.2) is 24.3 Å². The highest BCUT2D eigenvalue weighted by Gasteiger charge is 2.32. The van der Waals surface area contributed by atoms with Crippen molar-refractivity contribution >= 4 is 11.9 Å². The Labute approximate surface area is 106 Å². The quantitative estimate of drug-likeness (QED) is 0.882. The van der Waals surface area contributed by atoms with Crippen molar-refractivity contribution in [2.45, 2.75) is 19.8 Å². The van der Waals surface area contributed by atoms with E-state index in [-0.39, 0.29) is 18.2 Å². The van der Waals surface area contributed by atoms with Crippen LogP contribution in [0.25, 0.3) is 0 Å². The Morgan fingerprint density at radius 2 is 1.89 bits per heavy atom. The van der Waals surface area contributed by atoms with E-state index in [1.165, 1.54) is 5.56 Å². The summed E-state index contributed by atoms with van der Waals surface area (Å²) < 4.78 is 0. The number of hydrogen-bond donors (Lipinski definition) is 1. The van der Waals surface area contributed by atoms with Crippen molar-refractivity contribution in [3.8, 4) is 0 Å². The van der Waals surface area contributed by atoms with Gasteiger partial charge in [-0.15, -0.1) is 0 Å². The number of aryl methyl sites for hydroxylation is 1. The minimum absolute atomic E-state index is 0.000656. The molecule has 1 fully saturated rings. The summed E-state index contributed by atoms with van der Waals surface area (Å²) in [7, 11) is 0. The number of benzene rings is 1. The highest BCUT2D eigenvalue weighted by molar-refractivity contribution is 5.94. The molecule has 4 nitrogen and oxygen atoms in total. The second-order valence-corrected chi connectivity index (χ2v) is 4.72. The predicted molar refractivity (Wildman–Crippen MR) is 67.5 cm³/mol. The van der Waals surface area contributed by atoms with Gasteiger partial charge in [-0.3, -0.25) is 9.59 Å². The van der Waals surface area contributed by atoms with Crippen LogP contribution in [0.3, 0.4) is 0 Å². The monoisotopic (exact) mass is 247 g/mol. The number of hydrogen-bond acceptors (Lipinski definition) is 2. The molecule has 0 spiro atoms. The number of carbonyl (C=O) groups excluding carboxylic acids is 1. The molecule has 96 valence electrons. The van der Waals surface area contributed by atoms with E-state index in [0.29, 0.717) is 18.7 Å². The van der Waals surface area contributed by atoms with Crippen LogP contribution in [0.5, 0.6) is 0 Å². The lowest BCUT2D eigenvalue weighted by molar-refractivity contribution is -0.139. The van der Waals surface area contributed by atoms with Crippen LogP contribution in [0.4, 0.5) is 0 Å². The number of carbonyl (C=O) groups is 2. The maximum Gasteiger partial charge on any atom is 0.303 e. The third-order valence-corrected chi connectivity index (χ3v) is 3.32. The lowest BCUT2D eigenvalue weighted by Gasteiger charge is -2.38. The van der Waals surface area contributed by atoms with Crippen LogP contribution in [-0.2, 0) is 11.2 Å². The molecule has 0 bridgehead atoms. The van der Waals surface area contributed by atoms with Crippen molar-refractivity contribution < 1.29 is 14.7 Å². The third kappa shape index (κ3) is 2.70. The lowest BCUT2D eigenvalue weighted by atomic mass is 9.95. The molecule has 0 aromatic heterocycles. The van der Waals surface area contributed by atoms with Gasteiger partial charge in [0.15, 0.2) is 0 Å². The molecule has 1 N–H and O–H groups in total. The van der Waals surface area contributed by atoms with Crippen molar-refractivity contribution in [1.29, 1.82) is 0 Å². The van der Waals surface area contributed by atoms with Gasteiger partial charge in [-0.05, 0) is 24.1 Å². The molecule has 0 unspecified atom stereocenters. The van der Waals surface area contributed by atoms with Crippen molar-refractivity contribution in [2.75, 3.05) is 13.1 Å². The molecule has 1 amide bonds. The first-order chi connectivity index (χ1) is 8.60. The smallest absolute Gasteiger partial charge is 0.303 e. The summed E-state index contributed by atoms with van der Waals surface area (Å²) in [6.07, 6.45) is 1.11. The first kappa shape index (κ1) is 12.6. The van der Waals surface area contributed by atoms with Crippen molar-refractivity contribution in [1.82, 2.24) is 4.90 Å². The van der Waals surface area contributed by atoms with E-state index >= 15 is 0 Å². The van der Waals surface area contributed by atoms with E-state index in [4.69, 9.17) is 5.11 Å². The largest absolute Gasteiger partial charge is 0.481 e. The average molecular weight is 247 g/mol. The number of carboxylic acid groups (broad SMARTS) is 1. The fourth-order valence-corrected chi connectivity index (χ4v) is 2.18. The Balaban J connectivity index is 1.91. The van der Waals surface area contributed by atoms with Gasteiger partial charge in [0.1, 0.15) is 0 Å². The number of nitrogens with zero attached hydrogens (tertiary/aromatic N) is 1. The van der Waals surface area contributed by atoms with E-state index in [1.807, 2.05) is 24.3 Å². The zero-order chi connectivity index (χ0) is 13.1. The molecule has 1 aromatic carbocycles. The average Bonchev–Trinajstić information content (AvgIpc) is 2.32. The highest BCUT2D eigenvalue weighted by Crippen LogP contribution is 2.21. The summed E-state index contributed by atoms with van der Waals surface area (Å²) in [5.41, 5.74) is 1.89. The second-order valence-electron chi connectivity index (χ2n) is 4.72. The van der Waals surface area contributed by atoms with Gasteiger partial charge in [0, 0.05) is 24.6 Å². The molecule has 0 saturated carbocycles.